The van der Waals surface area contributed by atoms with E-state index in [1.807, 2.05) is 12.1 Å². The van der Waals surface area contributed by atoms with Crippen LogP contribution in [0.3, 0.4) is 0 Å². The number of ether oxygens (including phenoxy) is 1. The van der Waals surface area contributed by atoms with Crippen LogP contribution in [0.5, 0.6) is 0 Å². The third kappa shape index (κ3) is 4.18. The average molecular weight is 343 g/mol. The molecule has 0 saturated carbocycles. The second-order valence-electron chi connectivity index (χ2n) is 6.26. The molecule has 0 aliphatic carbocycles. The van der Waals surface area contributed by atoms with E-state index in [0.29, 0.717) is 19.6 Å². The fourth-order valence-corrected chi connectivity index (χ4v) is 3.10. The molecular weight excluding hydrogens is 322 g/mol. The van der Waals surface area contributed by atoms with Crippen molar-refractivity contribution < 1.29 is 18.0 Å². The van der Waals surface area contributed by atoms with Gasteiger partial charge in [-0.25, -0.2) is 9.97 Å². The molecule has 1 aliphatic heterocycles. The second-order valence-corrected chi connectivity index (χ2v) is 6.26. The Kier molecular flexibility index (Phi) is 4.94. The number of rotatable bonds is 7. The number of furan rings is 1. The van der Waals surface area contributed by atoms with Gasteiger partial charge in [-0.1, -0.05) is 0 Å². The van der Waals surface area contributed by atoms with Gasteiger partial charge in [0.25, 0.3) is 0 Å². The summed E-state index contributed by atoms with van der Waals surface area (Å²) in [5.41, 5.74) is 1.73. The molecule has 1 fully saturated rings. The summed E-state index contributed by atoms with van der Waals surface area (Å²) >= 11 is 0. The molecule has 132 valence electrons. The van der Waals surface area contributed by atoms with Gasteiger partial charge in [0.2, 0.25) is 0 Å². The van der Waals surface area contributed by atoms with Crippen LogP contribution in [0.15, 0.2) is 50.7 Å². The summed E-state index contributed by atoms with van der Waals surface area (Å²) in [4.78, 5) is 10.6. The Morgan fingerprint density at radius 1 is 0.960 bits per heavy atom. The Bertz CT molecular complexity index is 709. The Labute approximate surface area is 145 Å². The lowest BCUT2D eigenvalue weighted by atomic mass is 10.1. The molecule has 0 radical (unpaired) electrons. The maximum Gasteiger partial charge on any atom is 0.180 e. The van der Waals surface area contributed by atoms with Crippen LogP contribution in [0, 0.1) is 0 Å². The highest BCUT2D eigenvalue weighted by Gasteiger charge is 2.20. The van der Waals surface area contributed by atoms with Gasteiger partial charge in [0.15, 0.2) is 12.8 Å². The minimum absolute atomic E-state index is 0.0852. The highest BCUT2D eigenvalue weighted by Crippen LogP contribution is 2.29. The topological polar surface area (TPSA) is 77.7 Å². The van der Waals surface area contributed by atoms with E-state index in [9.17, 15) is 0 Å². The summed E-state index contributed by atoms with van der Waals surface area (Å²) in [6.45, 7) is 2.73. The number of hydrogen-bond acceptors (Lipinski definition) is 7. The van der Waals surface area contributed by atoms with E-state index in [-0.39, 0.29) is 6.10 Å². The Balaban J connectivity index is 1.44. The number of aromatic nitrogens is 2. The quantitative estimate of drug-likeness (QED) is 0.647. The first-order valence-corrected chi connectivity index (χ1v) is 8.53. The van der Waals surface area contributed by atoms with Gasteiger partial charge in [-0.15, -0.1) is 0 Å². The van der Waals surface area contributed by atoms with Gasteiger partial charge in [-0.3, -0.25) is 4.90 Å². The minimum Gasteiger partial charge on any atom is -0.462 e. The predicted molar refractivity (Wildman–Crippen MR) is 87.2 cm³/mol. The molecule has 3 aromatic rings. The molecule has 0 amide bonds. The molecule has 0 unspecified atom stereocenters. The third-order valence-corrected chi connectivity index (χ3v) is 4.30. The molecule has 0 N–H and O–H groups in total. The van der Waals surface area contributed by atoms with Gasteiger partial charge in [0, 0.05) is 19.7 Å². The van der Waals surface area contributed by atoms with Gasteiger partial charge in [0.1, 0.15) is 30.2 Å². The van der Waals surface area contributed by atoms with Crippen molar-refractivity contribution in [3.05, 3.63) is 60.4 Å². The average Bonchev–Trinajstić information content (AvgIpc) is 3.38. The summed E-state index contributed by atoms with van der Waals surface area (Å²) in [6.07, 6.45) is 9.61. The monoisotopic (exact) mass is 343 g/mol. The van der Waals surface area contributed by atoms with Crippen LogP contribution in [-0.2, 0) is 24.4 Å². The Hall–Kier alpha value is -2.38. The maximum absolute atomic E-state index is 6.04. The highest BCUT2D eigenvalue weighted by molar-refractivity contribution is 5.10. The van der Waals surface area contributed by atoms with E-state index >= 15 is 0 Å². The van der Waals surface area contributed by atoms with E-state index < -0.39 is 0 Å². The molecule has 7 heteroatoms. The first kappa shape index (κ1) is 16.1. The van der Waals surface area contributed by atoms with Crippen molar-refractivity contribution in [1.29, 1.82) is 0 Å². The Morgan fingerprint density at radius 3 is 2.32 bits per heavy atom. The molecule has 0 aromatic carbocycles. The van der Waals surface area contributed by atoms with Gasteiger partial charge >= 0.3 is 0 Å². The van der Waals surface area contributed by atoms with Crippen molar-refractivity contribution >= 4 is 0 Å². The molecule has 0 spiro atoms. The van der Waals surface area contributed by atoms with Crippen molar-refractivity contribution in [1.82, 2.24) is 14.9 Å². The van der Waals surface area contributed by atoms with Crippen LogP contribution in [0.25, 0.3) is 0 Å². The van der Waals surface area contributed by atoms with Gasteiger partial charge in [0.05, 0.1) is 17.9 Å². The minimum atomic E-state index is 0.0852. The highest BCUT2D eigenvalue weighted by atomic mass is 16.5. The van der Waals surface area contributed by atoms with E-state index in [1.165, 1.54) is 19.2 Å². The van der Waals surface area contributed by atoms with Crippen LogP contribution in [-0.4, -0.2) is 21.5 Å². The van der Waals surface area contributed by atoms with Crippen LogP contribution in [0.1, 0.15) is 48.3 Å². The lowest BCUT2D eigenvalue weighted by molar-refractivity contribution is 0.000774. The SMILES string of the molecule is c1nc(CN(Cc2cocn2)Cc2ccc([C@@H]3CCCCO3)o2)co1. The fourth-order valence-electron chi connectivity index (χ4n) is 3.10. The number of nitrogens with zero attached hydrogens (tertiary/aromatic N) is 3. The van der Waals surface area contributed by atoms with E-state index in [4.69, 9.17) is 18.0 Å². The van der Waals surface area contributed by atoms with E-state index in [1.54, 1.807) is 12.5 Å². The summed E-state index contributed by atoms with van der Waals surface area (Å²) in [5.74, 6) is 1.81. The molecule has 25 heavy (non-hydrogen) atoms. The zero-order valence-electron chi connectivity index (χ0n) is 14.0. The smallest absolute Gasteiger partial charge is 0.180 e. The first-order valence-electron chi connectivity index (χ1n) is 8.53. The molecular formula is C18H21N3O4. The molecule has 7 nitrogen and oxygen atoms in total. The lowest BCUT2D eigenvalue weighted by Crippen LogP contribution is -2.22. The van der Waals surface area contributed by atoms with Crippen molar-refractivity contribution in [3.63, 3.8) is 0 Å². The van der Waals surface area contributed by atoms with Gasteiger partial charge < -0.3 is 18.0 Å². The van der Waals surface area contributed by atoms with E-state index in [0.717, 1.165) is 42.4 Å². The zero-order valence-corrected chi connectivity index (χ0v) is 14.0. The lowest BCUT2D eigenvalue weighted by Gasteiger charge is -2.21. The van der Waals surface area contributed by atoms with Gasteiger partial charge in [-0.2, -0.15) is 0 Å². The molecule has 0 bridgehead atoms. The number of hydrogen-bond donors (Lipinski definition) is 0. The molecule has 4 rings (SSSR count). The summed E-state index contributed by atoms with van der Waals surface area (Å²) in [7, 11) is 0. The maximum atomic E-state index is 6.04. The van der Waals surface area contributed by atoms with Crippen LogP contribution in [0.2, 0.25) is 0 Å². The number of oxazole rings is 2. The summed E-state index contributed by atoms with van der Waals surface area (Å²) in [6, 6.07) is 4.04. The molecule has 1 atom stereocenters. The molecule has 1 saturated heterocycles. The fraction of sp³-hybridized carbons (Fsp3) is 0.444. The van der Waals surface area contributed by atoms with Crippen LogP contribution < -0.4 is 0 Å². The normalized spacial score (nSPS) is 18.0. The van der Waals surface area contributed by atoms with E-state index in [2.05, 4.69) is 14.9 Å². The van der Waals surface area contributed by atoms with Gasteiger partial charge in [-0.05, 0) is 31.4 Å². The summed E-state index contributed by atoms with van der Waals surface area (Å²) in [5, 5.41) is 0. The van der Waals surface area contributed by atoms with Crippen molar-refractivity contribution in [2.75, 3.05) is 6.61 Å². The zero-order chi connectivity index (χ0) is 16.9. The first-order chi connectivity index (χ1) is 12.4. The summed E-state index contributed by atoms with van der Waals surface area (Å²) < 4.78 is 22.0. The second kappa shape index (κ2) is 7.67. The standard InChI is InChI=1S/C18H21N3O4/c1-2-6-24-17(3-1)18-5-4-16(25-18)9-21(7-14-10-22-12-19-14)8-15-11-23-13-20-15/h4-5,10-13,17H,1-3,6-9H2/t17-/m0/s1. The Morgan fingerprint density at radius 2 is 1.72 bits per heavy atom. The molecule has 3 aromatic heterocycles. The third-order valence-electron chi connectivity index (χ3n) is 4.30. The molecule has 4 heterocycles. The molecule has 1 aliphatic rings. The van der Waals surface area contributed by atoms with Crippen LogP contribution >= 0.6 is 0 Å². The van der Waals surface area contributed by atoms with Crippen molar-refractivity contribution in [3.8, 4) is 0 Å². The van der Waals surface area contributed by atoms with Crippen LogP contribution in [0.4, 0.5) is 0 Å². The largest absolute Gasteiger partial charge is 0.462 e. The van der Waals surface area contributed by atoms with Crippen molar-refractivity contribution in [2.24, 2.45) is 0 Å². The predicted octanol–water partition coefficient (Wildman–Crippen LogP) is 3.70. The van der Waals surface area contributed by atoms with Crippen molar-refractivity contribution in [2.45, 2.75) is 45.0 Å².